The molecule has 1 fully saturated rings. The monoisotopic (exact) mass is 294 g/mol. The van der Waals surface area contributed by atoms with Gasteiger partial charge in [0.1, 0.15) is 6.04 Å². The zero-order valence-electron chi connectivity index (χ0n) is 10.5. The molecule has 1 aliphatic heterocycles. The van der Waals surface area contributed by atoms with Crippen LogP contribution in [0.25, 0.3) is 0 Å². The number of rotatable bonds is 4. The van der Waals surface area contributed by atoms with Crippen LogP contribution in [0.5, 0.6) is 0 Å². The van der Waals surface area contributed by atoms with Gasteiger partial charge < -0.3 is 10.4 Å². The number of imide groups is 1. The fraction of sp³-hybridized carbons (Fsp3) is 0.273. The summed E-state index contributed by atoms with van der Waals surface area (Å²) in [5.41, 5.74) is -0.847. The highest BCUT2D eigenvalue weighted by atomic mass is 16.6. The first-order valence-electron chi connectivity index (χ1n) is 5.87. The Morgan fingerprint density at radius 2 is 2.19 bits per heavy atom. The number of piperidine rings is 1. The van der Waals surface area contributed by atoms with E-state index in [1.807, 2.05) is 0 Å². The van der Waals surface area contributed by atoms with Crippen molar-refractivity contribution in [3.63, 3.8) is 0 Å². The number of amides is 2. The Morgan fingerprint density at radius 3 is 2.76 bits per heavy atom. The molecule has 2 amide bonds. The molecule has 1 aromatic heterocycles. The molecule has 10 nitrogen and oxygen atoms in total. The van der Waals surface area contributed by atoms with E-state index in [9.17, 15) is 24.5 Å². The van der Waals surface area contributed by atoms with Gasteiger partial charge >= 0.3 is 11.7 Å². The highest BCUT2D eigenvalue weighted by molar-refractivity contribution is 6.01. The molecular weight excluding hydrogens is 284 g/mol. The maximum Gasteiger partial charge on any atom is 0.354 e. The number of aromatic carboxylic acids is 1. The van der Waals surface area contributed by atoms with Crippen LogP contribution in [-0.4, -0.2) is 38.8 Å². The third kappa shape index (κ3) is 3.11. The van der Waals surface area contributed by atoms with Gasteiger partial charge in [-0.1, -0.05) is 0 Å². The lowest BCUT2D eigenvalue weighted by Crippen LogP contribution is -2.47. The number of carboxylic acids is 1. The molecule has 1 saturated heterocycles. The third-order valence-corrected chi connectivity index (χ3v) is 2.84. The number of carbonyl (C=O) groups excluding carboxylic acids is 2. The highest BCUT2D eigenvalue weighted by Gasteiger charge is 2.29. The molecule has 0 spiro atoms. The van der Waals surface area contributed by atoms with E-state index < -0.39 is 40.1 Å². The molecule has 21 heavy (non-hydrogen) atoms. The smallest absolute Gasteiger partial charge is 0.354 e. The minimum Gasteiger partial charge on any atom is -0.477 e. The normalized spacial score (nSPS) is 18.0. The van der Waals surface area contributed by atoms with Gasteiger partial charge in [0.25, 0.3) is 0 Å². The Hall–Kier alpha value is -3.04. The summed E-state index contributed by atoms with van der Waals surface area (Å²) in [6.45, 7) is 0. The van der Waals surface area contributed by atoms with E-state index in [1.54, 1.807) is 0 Å². The first kappa shape index (κ1) is 14.4. The second kappa shape index (κ2) is 5.53. The molecule has 10 heteroatoms. The van der Waals surface area contributed by atoms with Gasteiger partial charge in [0, 0.05) is 12.5 Å². The summed E-state index contributed by atoms with van der Waals surface area (Å²) in [6, 6.07) is 1.10. The summed E-state index contributed by atoms with van der Waals surface area (Å²) >= 11 is 0. The van der Waals surface area contributed by atoms with Gasteiger partial charge in [-0.2, -0.15) is 0 Å². The van der Waals surface area contributed by atoms with E-state index in [4.69, 9.17) is 5.11 Å². The lowest BCUT2D eigenvalue weighted by molar-refractivity contribution is -0.384. The van der Waals surface area contributed by atoms with E-state index >= 15 is 0 Å². The molecule has 3 N–H and O–H groups in total. The number of nitrogens with one attached hydrogen (secondary N) is 2. The van der Waals surface area contributed by atoms with Crippen LogP contribution in [0.1, 0.15) is 23.3 Å². The van der Waals surface area contributed by atoms with E-state index in [0.29, 0.717) is 0 Å². The van der Waals surface area contributed by atoms with E-state index in [1.165, 1.54) is 0 Å². The van der Waals surface area contributed by atoms with Gasteiger partial charge in [0.05, 0.1) is 4.92 Å². The number of nitrogens with zero attached hydrogens (tertiary/aromatic N) is 2. The predicted octanol–water partition coefficient (Wildman–Crippen LogP) is -0.0949. The van der Waals surface area contributed by atoms with Crippen LogP contribution < -0.4 is 10.6 Å². The lowest BCUT2D eigenvalue weighted by atomic mass is 10.1. The zero-order chi connectivity index (χ0) is 15.6. The minimum atomic E-state index is -1.35. The number of pyridine rings is 1. The lowest BCUT2D eigenvalue weighted by Gasteiger charge is -2.22. The fourth-order valence-electron chi connectivity index (χ4n) is 1.82. The van der Waals surface area contributed by atoms with Crippen molar-refractivity contribution >= 4 is 29.3 Å². The average Bonchev–Trinajstić information content (AvgIpc) is 2.41. The third-order valence-electron chi connectivity index (χ3n) is 2.84. The van der Waals surface area contributed by atoms with Crippen molar-refractivity contribution in [2.75, 3.05) is 5.32 Å². The molecule has 1 atom stereocenters. The predicted molar refractivity (Wildman–Crippen MR) is 67.6 cm³/mol. The molecule has 2 rings (SSSR count). The molecule has 2 heterocycles. The van der Waals surface area contributed by atoms with E-state index in [-0.39, 0.29) is 18.7 Å². The van der Waals surface area contributed by atoms with Crippen LogP contribution in [0, 0.1) is 10.1 Å². The van der Waals surface area contributed by atoms with Crippen molar-refractivity contribution < 1.29 is 24.4 Å². The largest absolute Gasteiger partial charge is 0.477 e. The summed E-state index contributed by atoms with van der Waals surface area (Å²) in [6.07, 6.45) is 0.219. The number of anilines is 1. The Labute approximate surface area is 117 Å². The SMILES string of the molecule is O=C1CCC(Nc2nc(C(=O)O)ccc2[N+](=O)[O-])C(=O)N1. The van der Waals surface area contributed by atoms with Crippen LogP contribution in [0.2, 0.25) is 0 Å². The Kier molecular flexibility index (Phi) is 3.78. The van der Waals surface area contributed by atoms with Crippen molar-refractivity contribution in [2.24, 2.45) is 0 Å². The van der Waals surface area contributed by atoms with Crippen molar-refractivity contribution in [1.29, 1.82) is 0 Å². The average molecular weight is 294 g/mol. The molecule has 0 bridgehead atoms. The molecule has 1 unspecified atom stereocenters. The fourth-order valence-corrected chi connectivity index (χ4v) is 1.82. The first-order valence-corrected chi connectivity index (χ1v) is 5.87. The van der Waals surface area contributed by atoms with Gasteiger partial charge in [-0.15, -0.1) is 0 Å². The summed E-state index contributed by atoms with van der Waals surface area (Å²) in [5.74, 6) is -2.74. The second-order valence-electron chi connectivity index (χ2n) is 4.27. The molecular formula is C11H10N4O6. The molecule has 0 radical (unpaired) electrons. The summed E-state index contributed by atoms with van der Waals surface area (Å²) < 4.78 is 0. The molecule has 1 aliphatic rings. The number of nitro groups is 1. The second-order valence-corrected chi connectivity index (χ2v) is 4.27. The van der Waals surface area contributed by atoms with Crippen molar-refractivity contribution in [2.45, 2.75) is 18.9 Å². The molecule has 0 aromatic carbocycles. The number of carboxylic acid groups (broad SMARTS) is 1. The number of hydrogen-bond acceptors (Lipinski definition) is 7. The summed E-state index contributed by atoms with van der Waals surface area (Å²) in [7, 11) is 0. The summed E-state index contributed by atoms with van der Waals surface area (Å²) in [5, 5.41) is 24.3. The molecule has 0 saturated carbocycles. The van der Waals surface area contributed by atoms with Crippen LogP contribution in [0.4, 0.5) is 11.5 Å². The molecule has 0 aliphatic carbocycles. The van der Waals surface area contributed by atoms with Crippen molar-refractivity contribution in [3.05, 3.63) is 27.9 Å². The van der Waals surface area contributed by atoms with Gasteiger partial charge in [-0.3, -0.25) is 25.0 Å². The van der Waals surface area contributed by atoms with Crippen molar-refractivity contribution in [3.8, 4) is 0 Å². The summed E-state index contributed by atoms with van der Waals surface area (Å²) in [4.78, 5) is 47.3. The maximum absolute atomic E-state index is 11.6. The van der Waals surface area contributed by atoms with Crippen molar-refractivity contribution in [1.82, 2.24) is 10.3 Å². The Balaban J connectivity index is 2.30. The standard InChI is InChI=1S/C11H10N4O6/c16-8-4-2-5(10(17)14-8)12-9-7(15(20)21)3-1-6(13-9)11(18)19/h1,3,5H,2,4H2,(H,12,13)(H,18,19)(H,14,16,17). The Bertz CT molecular complexity index is 644. The Morgan fingerprint density at radius 1 is 1.48 bits per heavy atom. The van der Waals surface area contributed by atoms with Gasteiger partial charge in [-0.05, 0) is 12.5 Å². The van der Waals surface area contributed by atoms with E-state index in [2.05, 4.69) is 15.6 Å². The minimum absolute atomic E-state index is 0.0792. The zero-order valence-corrected chi connectivity index (χ0v) is 10.5. The molecule has 110 valence electrons. The topological polar surface area (TPSA) is 152 Å². The van der Waals surface area contributed by atoms with Crippen LogP contribution in [-0.2, 0) is 9.59 Å². The molecule has 1 aromatic rings. The first-order chi connectivity index (χ1) is 9.88. The number of carbonyl (C=O) groups is 3. The number of hydrogen-bond donors (Lipinski definition) is 3. The van der Waals surface area contributed by atoms with Crippen LogP contribution >= 0.6 is 0 Å². The van der Waals surface area contributed by atoms with Crippen LogP contribution in [0.15, 0.2) is 12.1 Å². The maximum atomic E-state index is 11.6. The van der Waals surface area contributed by atoms with Gasteiger partial charge in [0.15, 0.2) is 5.69 Å². The van der Waals surface area contributed by atoms with Gasteiger partial charge in [-0.25, -0.2) is 9.78 Å². The highest BCUT2D eigenvalue weighted by Crippen LogP contribution is 2.24. The van der Waals surface area contributed by atoms with Crippen LogP contribution in [0.3, 0.4) is 0 Å². The quantitative estimate of drug-likeness (QED) is 0.395. The van der Waals surface area contributed by atoms with Gasteiger partial charge in [0.2, 0.25) is 17.6 Å². The number of aromatic nitrogens is 1. The van der Waals surface area contributed by atoms with E-state index in [0.717, 1.165) is 12.1 Å².